The zero-order chi connectivity index (χ0) is 10.1. The zero-order valence-corrected chi connectivity index (χ0v) is 8.83. The second kappa shape index (κ2) is 3.48. The van der Waals surface area contributed by atoms with E-state index in [0.29, 0.717) is 0 Å². The van der Waals surface area contributed by atoms with E-state index in [4.69, 9.17) is 5.73 Å². The van der Waals surface area contributed by atoms with E-state index in [2.05, 4.69) is 16.8 Å². The summed E-state index contributed by atoms with van der Waals surface area (Å²) in [6.07, 6.45) is 1.27. The highest BCUT2D eigenvalue weighted by atomic mass is 15.2. The molecule has 0 spiro atoms. The van der Waals surface area contributed by atoms with E-state index >= 15 is 0 Å². The number of hydrogen-bond donors (Lipinski definition) is 1. The van der Waals surface area contributed by atoms with E-state index in [0.717, 1.165) is 36.2 Å². The van der Waals surface area contributed by atoms with E-state index in [1.165, 1.54) is 6.42 Å². The molecule has 2 rings (SSSR count). The van der Waals surface area contributed by atoms with Crippen molar-refractivity contribution in [3.05, 3.63) is 17.8 Å². The molecule has 0 saturated carbocycles. The van der Waals surface area contributed by atoms with Crippen molar-refractivity contribution in [3.8, 4) is 0 Å². The third-order valence-electron chi connectivity index (χ3n) is 2.86. The topological polar surface area (TPSA) is 42.2 Å². The molecule has 1 aliphatic heterocycles. The summed E-state index contributed by atoms with van der Waals surface area (Å²) < 4.78 is 0. The molecule has 1 fully saturated rings. The van der Waals surface area contributed by atoms with Crippen LogP contribution in [0.2, 0.25) is 0 Å². The van der Waals surface area contributed by atoms with Crippen molar-refractivity contribution in [2.45, 2.75) is 20.3 Å². The molecular formula is C11H17N3. The summed E-state index contributed by atoms with van der Waals surface area (Å²) >= 11 is 0. The van der Waals surface area contributed by atoms with Gasteiger partial charge in [0.1, 0.15) is 5.82 Å². The Kier molecular flexibility index (Phi) is 2.32. The van der Waals surface area contributed by atoms with Crippen LogP contribution in [0.25, 0.3) is 0 Å². The summed E-state index contributed by atoms with van der Waals surface area (Å²) in [5.41, 5.74) is 7.44. The molecule has 14 heavy (non-hydrogen) atoms. The number of aryl methyl sites for hydroxylation is 1. The Morgan fingerprint density at radius 3 is 2.86 bits per heavy atom. The molecule has 1 aromatic rings. The molecule has 3 nitrogen and oxygen atoms in total. The van der Waals surface area contributed by atoms with E-state index < -0.39 is 0 Å². The lowest BCUT2D eigenvalue weighted by atomic mass is 10.2. The van der Waals surface area contributed by atoms with Crippen molar-refractivity contribution in [1.29, 1.82) is 0 Å². The molecule has 0 radical (unpaired) electrons. The maximum Gasteiger partial charge on any atom is 0.128 e. The monoisotopic (exact) mass is 191 g/mol. The first-order valence-electron chi connectivity index (χ1n) is 5.15. The number of pyridine rings is 1. The number of anilines is 2. The molecule has 1 saturated heterocycles. The number of nitrogens with two attached hydrogens (primary N) is 1. The Morgan fingerprint density at radius 1 is 1.50 bits per heavy atom. The van der Waals surface area contributed by atoms with Gasteiger partial charge in [0.25, 0.3) is 0 Å². The van der Waals surface area contributed by atoms with Crippen molar-refractivity contribution in [2.75, 3.05) is 23.7 Å². The van der Waals surface area contributed by atoms with Crippen LogP contribution < -0.4 is 10.6 Å². The summed E-state index contributed by atoms with van der Waals surface area (Å²) in [4.78, 5) is 6.82. The lowest BCUT2D eigenvalue weighted by Gasteiger charge is -2.17. The van der Waals surface area contributed by atoms with Gasteiger partial charge in [-0.2, -0.15) is 0 Å². The first kappa shape index (κ1) is 9.31. The van der Waals surface area contributed by atoms with Gasteiger partial charge >= 0.3 is 0 Å². The summed E-state index contributed by atoms with van der Waals surface area (Å²) in [5.74, 6) is 1.86. The largest absolute Gasteiger partial charge is 0.397 e. The molecule has 76 valence electrons. The Balaban J connectivity index is 2.20. The van der Waals surface area contributed by atoms with Gasteiger partial charge in [0.2, 0.25) is 0 Å². The SMILES string of the molecule is Cc1nc(N2CCC(C)C2)ccc1N. The second-order valence-electron chi connectivity index (χ2n) is 4.18. The molecule has 0 aliphatic carbocycles. The van der Waals surface area contributed by atoms with Gasteiger partial charge in [-0.05, 0) is 31.4 Å². The molecule has 3 heteroatoms. The van der Waals surface area contributed by atoms with Gasteiger partial charge in [-0.25, -0.2) is 4.98 Å². The molecule has 1 unspecified atom stereocenters. The second-order valence-corrected chi connectivity index (χ2v) is 4.18. The highest BCUT2D eigenvalue weighted by Crippen LogP contribution is 2.23. The number of nitrogen functional groups attached to an aromatic ring is 1. The van der Waals surface area contributed by atoms with Crippen molar-refractivity contribution in [2.24, 2.45) is 5.92 Å². The van der Waals surface area contributed by atoms with Crippen LogP contribution in [0.4, 0.5) is 11.5 Å². The average molecular weight is 191 g/mol. The molecule has 1 aliphatic rings. The Labute approximate surface area is 84.9 Å². The quantitative estimate of drug-likeness (QED) is 0.736. The van der Waals surface area contributed by atoms with Gasteiger partial charge in [-0.1, -0.05) is 6.92 Å². The molecular weight excluding hydrogens is 174 g/mol. The Hall–Kier alpha value is -1.25. The van der Waals surface area contributed by atoms with E-state index in [-0.39, 0.29) is 0 Å². The Morgan fingerprint density at radius 2 is 2.29 bits per heavy atom. The number of nitrogens with zero attached hydrogens (tertiary/aromatic N) is 2. The Bertz CT molecular complexity index is 335. The lowest BCUT2D eigenvalue weighted by Crippen LogP contribution is -2.20. The fraction of sp³-hybridized carbons (Fsp3) is 0.545. The van der Waals surface area contributed by atoms with Crippen LogP contribution in [0.1, 0.15) is 19.0 Å². The van der Waals surface area contributed by atoms with Crippen molar-refractivity contribution in [1.82, 2.24) is 4.98 Å². The summed E-state index contributed by atoms with van der Waals surface area (Å²) in [5, 5.41) is 0. The maximum atomic E-state index is 5.73. The van der Waals surface area contributed by atoms with Crippen LogP contribution in [0, 0.1) is 12.8 Å². The van der Waals surface area contributed by atoms with Gasteiger partial charge in [0.05, 0.1) is 11.4 Å². The minimum absolute atomic E-state index is 0.779. The average Bonchev–Trinajstić information content (AvgIpc) is 2.57. The maximum absolute atomic E-state index is 5.73. The minimum Gasteiger partial charge on any atom is -0.397 e. The standard InChI is InChI=1S/C11H17N3/c1-8-5-6-14(7-8)11-4-3-10(12)9(2)13-11/h3-4,8H,5-7,12H2,1-2H3. The fourth-order valence-corrected chi connectivity index (χ4v) is 1.88. The van der Waals surface area contributed by atoms with Gasteiger partial charge in [-0.15, -0.1) is 0 Å². The van der Waals surface area contributed by atoms with Crippen molar-refractivity contribution < 1.29 is 0 Å². The lowest BCUT2D eigenvalue weighted by molar-refractivity contribution is 0.659. The normalized spacial score (nSPS) is 21.6. The first-order valence-corrected chi connectivity index (χ1v) is 5.15. The molecule has 2 heterocycles. The highest BCUT2D eigenvalue weighted by molar-refractivity contribution is 5.50. The van der Waals surface area contributed by atoms with E-state index in [1.54, 1.807) is 0 Å². The van der Waals surface area contributed by atoms with E-state index in [9.17, 15) is 0 Å². The molecule has 0 bridgehead atoms. The molecule has 0 amide bonds. The van der Waals surface area contributed by atoms with Gasteiger partial charge < -0.3 is 10.6 Å². The van der Waals surface area contributed by atoms with Crippen LogP contribution in [0.15, 0.2) is 12.1 Å². The van der Waals surface area contributed by atoms with Gasteiger partial charge in [0, 0.05) is 13.1 Å². The summed E-state index contributed by atoms with van der Waals surface area (Å²) in [7, 11) is 0. The molecule has 0 aromatic carbocycles. The predicted molar refractivity (Wildman–Crippen MR) is 59.4 cm³/mol. The zero-order valence-electron chi connectivity index (χ0n) is 8.83. The fourth-order valence-electron chi connectivity index (χ4n) is 1.88. The van der Waals surface area contributed by atoms with Crippen molar-refractivity contribution >= 4 is 11.5 Å². The van der Waals surface area contributed by atoms with Crippen LogP contribution >= 0.6 is 0 Å². The van der Waals surface area contributed by atoms with E-state index in [1.807, 2.05) is 19.1 Å². The van der Waals surface area contributed by atoms with Crippen LogP contribution in [-0.2, 0) is 0 Å². The van der Waals surface area contributed by atoms with Gasteiger partial charge in [0.15, 0.2) is 0 Å². The first-order chi connectivity index (χ1) is 6.66. The van der Waals surface area contributed by atoms with Crippen LogP contribution in [0.5, 0.6) is 0 Å². The van der Waals surface area contributed by atoms with Crippen molar-refractivity contribution in [3.63, 3.8) is 0 Å². The number of hydrogen-bond acceptors (Lipinski definition) is 3. The summed E-state index contributed by atoms with van der Waals surface area (Å²) in [6, 6.07) is 3.96. The number of aromatic nitrogens is 1. The van der Waals surface area contributed by atoms with Crippen LogP contribution in [0.3, 0.4) is 0 Å². The third-order valence-corrected chi connectivity index (χ3v) is 2.86. The summed E-state index contributed by atoms with van der Waals surface area (Å²) in [6.45, 7) is 6.48. The predicted octanol–water partition coefficient (Wildman–Crippen LogP) is 1.82. The molecule has 2 N–H and O–H groups in total. The molecule has 1 aromatic heterocycles. The highest BCUT2D eigenvalue weighted by Gasteiger charge is 2.19. The van der Waals surface area contributed by atoms with Gasteiger partial charge in [-0.3, -0.25) is 0 Å². The third kappa shape index (κ3) is 1.67. The smallest absolute Gasteiger partial charge is 0.128 e. The molecule has 1 atom stereocenters. The van der Waals surface area contributed by atoms with Crippen LogP contribution in [-0.4, -0.2) is 18.1 Å². The minimum atomic E-state index is 0.779. The number of rotatable bonds is 1.